The Hall–Kier alpha value is -0.920. The summed E-state index contributed by atoms with van der Waals surface area (Å²) in [6.45, 7) is 3.87. The van der Waals surface area contributed by atoms with Crippen molar-refractivity contribution in [3.8, 4) is 0 Å². The molecule has 0 radical (unpaired) electrons. The molecule has 0 aromatic rings. The molecule has 0 heterocycles. The van der Waals surface area contributed by atoms with E-state index in [1.165, 1.54) is 224 Å². The second-order valence-corrected chi connectivity index (χ2v) is 22.6. The van der Waals surface area contributed by atoms with Crippen LogP contribution in [0.5, 0.6) is 0 Å². The summed E-state index contributed by atoms with van der Waals surface area (Å²) < 4.78 is 23.0. The summed E-state index contributed by atoms with van der Waals surface area (Å²) in [5.74, 6) is -0.335. The highest BCUT2D eigenvalue weighted by molar-refractivity contribution is 7.47. The van der Waals surface area contributed by atoms with Gasteiger partial charge in [0.15, 0.2) is 0 Å². The summed E-state index contributed by atoms with van der Waals surface area (Å²) in [4.78, 5) is 23.5. The van der Waals surface area contributed by atoms with Crippen LogP contribution in [0.4, 0.5) is 0 Å². The van der Waals surface area contributed by atoms with E-state index < -0.39 is 63.2 Å². The first kappa shape index (κ1) is 67.1. The zero-order valence-corrected chi connectivity index (χ0v) is 46.0. The SMILES string of the molecule is CCCCCCCCCCCC/C=C/[C@@H](O)[C@H](COP(=O)(O)OC1C(O)C(O)C(O)[C@@H](O)C1O)NC(=O)CCCCCCCCCCCCCCCCCCCCCCCCCCCCCCCCC. The van der Waals surface area contributed by atoms with Gasteiger partial charge in [0, 0.05) is 6.42 Å². The fourth-order valence-corrected chi connectivity index (χ4v) is 10.8. The van der Waals surface area contributed by atoms with E-state index in [0.29, 0.717) is 6.42 Å². The van der Waals surface area contributed by atoms with Crippen LogP contribution in [0.3, 0.4) is 0 Å². The zero-order valence-electron chi connectivity index (χ0n) is 45.1. The predicted octanol–water partition coefficient (Wildman–Crippen LogP) is 13.5. The topological polar surface area (TPSA) is 206 Å². The van der Waals surface area contributed by atoms with E-state index in [2.05, 4.69) is 19.2 Å². The number of phosphoric ester groups is 1. The van der Waals surface area contributed by atoms with E-state index in [1.54, 1.807) is 0 Å². The van der Waals surface area contributed by atoms with E-state index in [9.17, 15) is 44.9 Å². The van der Waals surface area contributed by atoms with Gasteiger partial charge in [-0.15, -0.1) is 0 Å². The molecule has 0 aromatic heterocycles. The van der Waals surface area contributed by atoms with Crippen molar-refractivity contribution in [1.82, 2.24) is 5.32 Å². The Balaban J connectivity index is 2.20. The Morgan fingerprint density at radius 1 is 0.471 bits per heavy atom. The third-order valence-corrected chi connectivity index (χ3v) is 15.6. The van der Waals surface area contributed by atoms with Crippen LogP contribution < -0.4 is 5.32 Å². The first-order valence-electron chi connectivity index (χ1n) is 29.6. The standard InChI is InChI=1S/C57H112NO11P/c1-3-5-7-9-11-13-15-17-18-19-20-21-22-23-24-25-26-27-28-29-30-31-32-33-34-35-37-39-41-43-45-47-51(60)58-49(50(59)46-44-42-40-38-36-16-14-12-10-8-6-4-2)48-68-70(66,67)69-57-55(64)53(62)52(61)54(63)56(57)65/h44,46,49-50,52-57,59,61-65H,3-43,45,47-48H2,1-2H3,(H,58,60)(H,66,67)/b46-44+/t49-,50+,52?,53+,54?,55?,56?,57?/m0/s1. The van der Waals surface area contributed by atoms with Gasteiger partial charge in [-0.2, -0.15) is 0 Å². The van der Waals surface area contributed by atoms with Crippen LogP contribution >= 0.6 is 7.82 Å². The molecule has 1 saturated carbocycles. The molecule has 0 spiro atoms. The molecular weight excluding hydrogens is 906 g/mol. The number of unbranched alkanes of at least 4 members (excludes halogenated alkanes) is 40. The number of hydrogen-bond acceptors (Lipinski definition) is 10. The van der Waals surface area contributed by atoms with Crippen molar-refractivity contribution in [3.63, 3.8) is 0 Å². The van der Waals surface area contributed by atoms with Gasteiger partial charge in [-0.1, -0.05) is 276 Å². The average molecular weight is 1020 g/mol. The second kappa shape index (κ2) is 46.6. The van der Waals surface area contributed by atoms with Gasteiger partial charge >= 0.3 is 7.82 Å². The van der Waals surface area contributed by atoms with Crippen LogP contribution in [0.25, 0.3) is 0 Å². The van der Waals surface area contributed by atoms with Gasteiger partial charge in [-0.3, -0.25) is 13.8 Å². The predicted molar refractivity (Wildman–Crippen MR) is 288 cm³/mol. The smallest absolute Gasteiger partial charge is 0.387 e. The monoisotopic (exact) mass is 1020 g/mol. The number of allylic oxidation sites excluding steroid dienone is 1. The molecule has 12 nitrogen and oxygen atoms in total. The number of rotatable bonds is 51. The molecule has 0 aliphatic heterocycles. The minimum absolute atomic E-state index is 0.219. The fourth-order valence-electron chi connectivity index (χ4n) is 9.79. The molecule has 1 fully saturated rings. The van der Waals surface area contributed by atoms with Crippen LogP contribution in [0.2, 0.25) is 0 Å². The van der Waals surface area contributed by atoms with E-state index in [0.717, 1.165) is 44.9 Å². The normalized spacial score (nSPS) is 21.3. The van der Waals surface area contributed by atoms with E-state index in [4.69, 9.17) is 9.05 Å². The summed E-state index contributed by atoms with van der Waals surface area (Å²) in [6.07, 6.45) is 44.6. The van der Waals surface area contributed by atoms with Crippen molar-refractivity contribution in [1.29, 1.82) is 0 Å². The molecular formula is C57H112NO11P. The molecule has 416 valence electrons. The fraction of sp³-hybridized carbons (Fsp3) is 0.947. The molecule has 1 rings (SSSR count). The van der Waals surface area contributed by atoms with Crippen molar-refractivity contribution in [2.24, 2.45) is 0 Å². The van der Waals surface area contributed by atoms with E-state index in [1.807, 2.05) is 6.08 Å². The summed E-state index contributed by atoms with van der Waals surface area (Å²) >= 11 is 0. The summed E-state index contributed by atoms with van der Waals surface area (Å²) in [6, 6.07) is -1.11. The van der Waals surface area contributed by atoms with Gasteiger partial charge in [-0.25, -0.2) is 4.57 Å². The number of aliphatic hydroxyl groups is 6. The highest BCUT2D eigenvalue weighted by Crippen LogP contribution is 2.47. The maximum atomic E-state index is 13.0. The number of amides is 1. The molecule has 6 unspecified atom stereocenters. The Morgan fingerprint density at radius 3 is 1.09 bits per heavy atom. The largest absolute Gasteiger partial charge is 0.472 e. The molecule has 1 aliphatic rings. The van der Waals surface area contributed by atoms with Crippen LogP contribution in [0, 0.1) is 0 Å². The molecule has 1 amide bonds. The highest BCUT2D eigenvalue weighted by Gasteiger charge is 2.51. The quantitative estimate of drug-likeness (QED) is 0.0163. The molecule has 0 bridgehead atoms. The molecule has 8 N–H and O–H groups in total. The number of carbonyl (C=O) groups excluding carboxylic acids is 1. The Kier molecular flexibility index (Phi) is 44.7. The number of carbonyl (C=O) groups is 1. The summed E-state index contributed by atoms with van der Waals surface area (Å²) in [5, 5.41) is 64.2. The van der Waals surface area contributed by atoms with Gasteiger partial charge < -0.3 is 40.8 Å². The van der Waals surface area contributed by atoms with Crippen molar-refractivity contribution >= 4 is 13.7 Å². The third-order valence-electron chi connectivity index (χ3n) is 14.6. The summed E-state index contributed by atoms with van der Waals surface area (Å²) in [7, 11) is -5.08. The van der Waals surface area contributed by atoms with Crippen molar-refractivity contribution < 1.29 is 53.9 Å². The van der Waals surface area contributed by atoms with Crippen LogP contribution in [-0.2, 0) is 18.4 Å². The lowest BCUT2D eigenvalue weighted by atomic mass is 9.85. The third kappa shape index (κ3) is 36.9. The van der Waals surface area contributed by atoms with Crippen molar-refractivity contribution in [2.75, 3.05) is 6.61 Å². The second-order valence-electron chi connectivity index (χ2n) is 21.2. The summed E-state index contributed by atoms with van der Waals surface area (Å²) in [5.41, 5.74) is 0. The first-order valence-corrected chi connectivity index (χ1v) is 31.1. The van der Waals surface area contributed by atoms with Gasteiger partial charge in [0.2, 0.25) is 5.91 Å². The Labute approximate surface area is 429 Å². The first-order chi connectivity index (χ1) is 33.9. The number of hydrogen-bond donors (Lipinski definition) is 8. The average Bonchev–Trinajstić information content (AvgIpc) is 3.34. The highest BCUT2D eigenvalue weighted by atomic mass is 31.2. The number of phosphoric acid groups is 1. The van der Waals surface area contributed by atoms with E-state index >= 15 is 0 Å². The molecule has 9 atom stereocenters. The maximum Gasteiger partial charge on any atom is 0.472 e. The van der Waals surface area contributed by atoms with E-state index in [-0.39, 0.29) is 12.3 Å². The molecule has 70 heavy (non-hydrogen) atoms. The van der Waals surface area contributed by atoms with Gasteiger partial charge in [0.05, 0.1) is 18.8 Å². The number of nitrogens with one attached hydrogen (secondary N) is 1. The van der Waals surface area contributed by atoms with Crippen molar-refractivity contribution in [2.45, 2.75) is 339 Å². The van der Waals surface area contributed by atoms with Crippen LogP contribution in [0.1, 0.15) is 290 Å². The molecule has 1 aliphatic carbocycles. The Bertz CT molecular complexity index is 1230. The van der Waals surface area contributed by atoms with Gasteiger partial charge in [-0.05, 0) is 19.3 Å². The molecule has 0 saturated heterocycles. The molecule has 0 aromatic carbocycles. The molecule has 13 heteroatoms. The maximum absolute atomic E-state index is 13.0. The van der Waals surface area contributed by atoms with Gasteiger partial charge in [0.1, 0.15) is 36.6 Å². The minimum atomic E-state index is -5.08. The lowest BCUT2D eigenvalue weighted by molar-refractivity contribution is -0.220. The lowest BCUT2D eigenvalue weighted by Crippen LogP contribution is -2.64. The van der Waals surface area contributed by atoms with Crippen molar-refractivity contribution in [3.05, 3.63) is 12.2 Å². The van der Waals surface area contributed by atoms with Crippen LogP contribution in [-0.4, -0.2) is 96.8 Å². The number of aliphatic hydroxyl groups excluding tert-OH is 6. The zero-order chi connectivity index (χ0) is 51.3. The lowest BCUT2D eigenvalue weighted by Gasteiger charge is -2.41. The Morgan fingerprint density at radius 2 is 0.757 bits per heavy atom. The minimum Gasteiger partial charge on any atom is -0.387 e. The van der Waals surface area contributed by atoms with Gasteiger partial charge in [0.25, 0.3) is 0 Å². The van der Waals surface area contributed by atoms with Crippen LogP contribution in [0.15, 0.2) is 12.2 Å².